The molecule has 1 spiro atoms. The van der Waals surface area contributed by atoms with E-state index in [1.54, 1.807) is 18.3 Å². The van der Waals surface area contributed by atoms with Crippen molar-refractivity contribution in [2.75, 3.05) is 18.0 Å². The van der Waals surface area contributed by atoms with E-state index in [4.69, 9.17) is 0 Å². The molecule has 1 aliphatic carbocycles. The summed E-state index contributed by atoms with van der Waals surface area (Å²) in [6.45, 7) is 3.42. The lowest BCUT2D eigenvalue weighted by Gasteiger charge is -2.16. The molecular formula is C10H13BrN4OS. The van der Waals surface area contributed by atoms with E-state index in [0.29, 0.717) is 5.41 Å². The van der Waals surface area contributed by atoms with Crippen LogP contribution in [0.2, 0.25) is 0 Å². The van der Waals surface area contributed by atoms with Crippen molar-refractivity contribution < 1.29 is 4.79 Å². The average Bonchev–Trinajstić information content (AvgIpc) is 2.76. The minimum absolute atomic E-state index is 0.0570. The predicted octanol–water partition coefficient (Wildman–Crippen LogP) is 1.41. The summed E-state index contributed by atoms with van der Waals surface area (Å²) in [6.07, 6.45) is 2.41. The third kappa shape index (κ3) is 2.06. The number of nitrogens with one attached hydrogen (secondary N) is 1. The maximum Gasteiger partial charge on any atom is 0.217 e. The Kier molecular flexibility index (Phi) is 2.62. The van der Waals surface area contributed by atoms with Crippen LogP contribution in [-0.4, -0.2) is 35.2 Å². The minimum atomic E-state index is 0.0570. The van der Waals surface area contributed by atoms with Crippen LogP contribution in [0.4, 0.5) is 5.13 Å². The molecule has 0 radical (unpaired) electrons. The first kappa shape index (κ1) is 11.4. The highest BCUT2D eigenvalue weighted by molar-refractivity contribution is 9.11. The van der Waals surface area contributed by atoms with Crippen LogP contribution in [0.3, 0.4) is 0 Å². The molecule has 1 N–H and O–H groups in total. The van der Waals surface area contributed by atoms with Crippen LogP contribution < -0.4 is 10.2 Å². The molecule has 2 heterocycles. The van der Waals surface area contributed by atoms with Crippen molar-refractivity contribution in [2.45, 2.75) is 25.8 Å². The third-order valence-corrected chi connectivity index (χ3v) is 4.99. The van der Waals surface area contributed by atoms with E-state index >= 15 is 0 Å². The van der Waals surface area contributed by atoms with Gasteiger partial charge in [0.1, 0.15) is 0 Å². The van der Waals surface area contributed by atoms with Crippen molar-refractivity contribution in [1.82, 2.24) is 15.5 Å². The minimum Gasteiger partial charge on any atom is -0.351 e. The quantitative estimate of drug-likeness (QED) is 0.896. The van der Waals surface area contributed by atoms with E-state index in [-0.39, 0.29) is 11.9 Å². The Morgan fingerprint density at radius 2 is 2.35 bits per heavy atom. The molecular weight excluding hydrogens is 304 g/mol. The van der Waals surface area contributed by atoms with E-state index in [0.717, 1.165) is 22.1 Å². The summed E-state index contributed by atoms with van der Waals surface area (Å²) >= 11 is 4.87. The van der Waals surface area contributed by atoms with Crippen LogP contribution in [0, 0.1) is 5.41 Å². The number of rotatable bonds is 2. The summed E-state index contributed by atoms with van der Waals surface area (Å²) in [5.74, 6) is 0.0570. The normalized spacial score (nSPS) is 25.3. The first-order valence-corrected chi connectivity index (χ1v) is 7.21. The fourth-order valence-corrected chi connectivity index (χ4v) is 3.65. The molecule has 92 valence electrons. The van der Waals surface area contributed by atoms with Gasteiger partial charge in [0.2, 0.25) is 11.0 Å². The Morgan fingerprint density at radius 3 is 2.88 bits per heavy atom. The molecule has 5 nitrogen and oxygen atoms in total. The van der Waals surface area contributed by atoms with Crippen molar-refractivity contribution in [3.63, 3.8) is 0 Å². The van der Waals surface area contributed by atoms with Crippen molar-refractivity contribution in [1.29, 1.82) is 0 Å². The number of amides is 1. The highest BCUT2D eigenvalue weighted by atomic mass is 79.9. The number of aromatic nitrogens is 2. The van der Waals surface area contributed by atoms with Gasteiger partial charge < -0.3 is 10.2 Å². The van der Waals surface area contributed by atoms with Gasteiger partial charge in [-0.15, -0.1) is 10.2 Å². The summed E-state index contributed by atoms with van der Waals surface area (Å²) in [4.78, 5) is 13.4. The molecule has 1 aromatic heterocycles. The highest BCUT2D eigenvalue weighted by Crippen LogP contribution is 2.53. The first-order valence-electron chi connectivity index (χ1n) is 5.60. The molecule has 0 unspecified atom stereocenters. The van der Waals surface area contributed by atoms with Crippen molar-refractivity contribution in [3.8, 4) is 0 Å². The zero-order chi connectivity index (χ0) is 12.0. The van der Waals surface area contributed by atoms with Gasteiger partial charge in [-0.1, -0.05) is 11.3 Å². The van der Waals surface area contributed by atoms with Crippen molar-refractivity contribution in [2.24, 2.45) is 5.41 Å². The number of carbonyl (C=O) groups is 1. The Labute approximate surface area is 112 Å². The van der Waals surface area contributed by atoms with Gasteiger partial charge in [-0.2, -0.15) is 0 Å². The van der Waals surface area contributed by atoms with Gasteiger partial charge in [0.15, 0.2) is 3.92 Å². The highest BCUT2D eigenvalue weighted by Gasteiger charge is 2.55. The lowest BCUT2D eigenvalue weighted by molar-refractivity contribution is -0.119. The van der Waals surface area contributed by atoms with E-state index in [1.807, 2.05) is 0 Å². The molecule has 1 amide bonds. The largest absolute Gasteiger partial charge is 0.351 e. The van der Waals surface area contributed by atoms with Gasteiger partial charge >= 0.3 is 0 Å². The SMILES string of the molecule is CC(=O)N[C@H]1CN(c2nnc(Br)s2)CC12CC2. The molecule has 17 heavy (non-hydrogen) atoms. The summed E-state index contributed by atoms with van der Waals surface area (Å²) in [7, 11) is 0. The van der Waals surface area contributed by atoms with Crippen molar-refractivity contribution >= 4 is 38.3 Å². The zero-order valence-electron chi connectivity index (χ0n) is 9.44. The number of halogens is 1. The molecule has 1 aromatic rings. The maximum absolute atomic E-state index is 11.2. The molecule has 1 saturated carbocycles. The second-order valence-corrected chi connectivity index (χ2v) is 7.07. The average molecular weight is 317 g/mol. The molecule has 1 saturated heterocycles. The third-order valence-electron chi connectivity index (χ3n) is 3.58. The van der Waals surface area contributed by atoms with Crippen LogP contribution in [-0.2, 0) is 4.79 Å². The number of hydrogen-bond donors (Lipinski definition) is 1. The molecule has 0 aromatic carbocycles. The second kappa shape index (κ2) is 3.91. The Balaban J connectivity index is 1.76. The fraction of sp³-hybridized carbons (Fsp3) is 0.700. The lowest BCUT2D eigenvalue weighted by Crippen LogP contribution is -2.40. The summed E-state index contributed by atoms with van der Waals surface area (Å²) < 4.78 is 0.806. The molecule has 7 heteroatoms. The molecule has 1 atom stereocenters. The van der Waals surface area contributed by atoms with Crippen LogP contribution >= 0.6 is 27.3 Å². The van der Waals surface area contributed by atoms with Gasteiger partial charge in [-0.25, -0.2) is 0 Å². The summed E-state index contributed by atoms with van der Waals surface area (Å²) in [5.41, 5.74) is 0.295. The van der Waals surface area contributed by atoms with Gasteiger partial charge in [0, 0.05) is 25.4 Å². The molecule has 2 aliphatic rings. The van der Waals surface area contributed by atoms with Gasteiger partial charge in [0.25, 0.3) is 0 Å². The van der Waals surface area contributed by atoms with Crippen LogP contribution in [0.5, 0.6) is 0 Å². The van der Waals surface area contributed by atoms with Gasteiger partial charge in [-0.3, -0.25) is 4.79 Å². The molecule has 0 bridgehead atoms. The fourth-order valence-electron chi connectivity index (χ4n) is 2.55. The maximum atomic E-state index is 11.2. The van der Waals surface area contributed by atoms with E-state index < -0.39 is 0 Å². The predicted molar refractivity (Wildman–Crippen MR) is 69.1 cm³/mol. The second-order valence-electron chi connectivity index (χ2n) is 4.83. The molecule has 2 fully saturated rings. The summed E-state index contributed by atoms with van der Waals surface area (Å²) in [5, 5.41) is 12.1. The Hall–Kier alpha value is -0.690. The first-order chi connectivity index (χ1) is 8.09. The van der Waals surface area contributed by atoms with Crippen molar-refractivity contribution in [3.05, 3.63) is 3.92 Å². The van der Waals surface area contributed by atoms with Gasteiger partial charge in [0.05, 0.1) is 6.04 Å². The topological polar surface area (TPSA) is 58.1 Å². The number of hydrogen-bond acceptors (Lipinski definition) is 5. The van der Waals surface area contributed by atoms with E-state index in [1.165, 1.54) is 12.8 Å². The Bertz CT molecular complexity index is 459. The Morgan fingerprint density at radius 1 is 1.59 bits per heavy atom. The lowest BCUT2D eigenvalue weighted by atomic mass is 10.0. The standard InChI is InChI=1S/C10H13BrN4OS/c1-6(16)12-7-4-15(5-10(7)2-3-10)9-14-13-8(11)17-9/h7H,2-5H2,1H3,(H,12,16)/t7-/m0/s1. The monoisotopic (exact) mass is 316 g/mol. The van der Waals surface area contributed by atoms with E-state index in [2.05, 4.69) is 36.3 Å². The number of anilines is 1. The number of nitrogens with zero attached hydrogens (tertiary/aromatic N) is 3. The summed E-state index contributed by atoms with van der Waals surface area (Å²) in [6, 6.07) is 0.266. The molecule has 3 rings (SSSR count). The van der Waals surface area contributed by atoms with E-state index in [9.17, 15) is 4.79 Å². The number of carbonyl (C=O) groups excluding carboxylic acids is 1. The van der Waals surface area contributed by atoms with Crippen LogP contribution in [0.1, 0.15) is 19.8 Å². The smallest absolute Gasteiger partial charge is 0.217 e. The molecule has 1 aliphatic heterocycles. The van der Waals surface area contributed by atoms with Crippen LogP contribution in [0.25, 0.3) is 0 Å². The zero-order valence-corrected chi connectivity index (χ0v) is 11.8. The van der Waals surface area contributed by atoms with Gasteiger partial charge in [-0.05, 0) is 28.8 Å². The van der Waals surface area contributed by atoms with Crippen LogP contribution in [0.15, 0.2) is 3.92 Å².